The van der Waals surface area contributed by atoms with E-state index in [1.165, 1.54) is 57.3 Å². The van der Waals surface area contributed by atoms with E-state index in [1.54, 1.807) is 0 Å². The summed E-state index contributed by atoms with van der Waals surface area (Å²) in [6.07, 6.45) is 6.56. The van der Waals surface area contributed by atoms with E-state index in [4.69, 9.17) is 4.74 Å². The van der Waals surface area contributed by atoms with Gasteiger partial charge in [-0.25, -0.2) is 0 Å². The summed E-state index contributed by atoms with van der Waals surface area (Å²) in [5.41, 5.74) is 1.23. The van der Waals surface area contributed by atoms with Gasteiger partial charge in [0.25, 0.3) is 0 Å². The zero-order chi connectivity index (χ0) is 12.6. The molecule has 1 aliphatic heterocycles. The topological polar surface area (TPSA) is 12.5 Å². The highest BCUT2D eigenvalue weighted by Crippen LogP contribution is 2.16. The average molecular weight is 247 g/mol. The molecule has 0 unspecified atom stereocenters. The van der Waals surface area contributed by atoms with Gasteiger partial charge in [0, 0.05) is 0 Å². The van der Waals surface area contributed by atoms with Gasteiger partial charge in [-0.05, 0) is 70.3 Å². The second-order valence-corrected chi connectivity index (χ2v) is 5.22. The van der Waals surface area contributed by atoms with Crippen LogP contribution in [0.15, 0.2) is 24.3 Å². The average Bonchev–Trinajstić information content (AvgIpc) is 2.89. The van der Waals surface area contributed by atoms with Crippen molar-refractivity contribution in [2.24, 2.45) is 0 Å². The number of benzene rings is 1. The van der Waals surface area contributed by atoms with Crippen LogP contribution in [0.5, 0.6) is 5.75 Å². The first kappa shape index (κ1) is 13.4. The summed E-state index contributed by atoms with van der Waals surface area (Å²) in [6.45, 7) is 6.87. The van der Waals surface area contributed by atoms with E-state index in [2.05, 4.69) is 30.0 Å². The third-order valence-corrected chi connectivity index (χ3v) is 3.67. The molecule has 18 heavy (non-hydrogen) atoms. The second kappa shape index (κ2) is 7.42. The summed E-state index contributed by atoms with van der Waals surface area (Å²) in [7, 11) is 0. The number of nitrogens with zero attached hydrogens (tertiary/aromatic N) is 1. The lowest BCUT2D eigenvalue weighted by Crippen LogP contribution is -2.20. The molecule has 1 fully saturated rings. The van der Waals surface area contributed by atoms with Crippen molar-refractivity contribution in [3.05, 3.63) is 29.8 Å². The van der Waals surface area contributed by atoms with Crippen molar-refractivity contribution in [3.8, 4) is 5.75 Å². The smallest absolute Gasteiger partial charge is 0.122 e. The van der Waals surface area contributed by atoms with Crippen LogP contribution >= 0.6 is 0 Å². The molecule has 1 aliphatic rings. The van der Waals surface area contributed by atoms with Crippen molar-refractivity contribution >= 4 is 0 Å². The van der Waals surface area contributed by atoms with Gasteiger partial charge in [-0.2, -0.15) is 0 Å². The van der Waals surface area contributed by atoms with Gasteiger partial charge in [0.1, 0.15) is 5.75 Å². The Bertz CT molecular complexity index is 345. The Morgan fingerprint density at radius 1 is 1.06 bits per heavy atom. The molecule has 100 valence electrons. The molecular weight excluding hydrogens is 222 g/mol. The maximum atomic E-state index is 5.80. The molecular formula is C16H25NO. The minimum Gasteiger partial charge on any atom is -0.493 e. The number of hydrogen-bond donors (Lipinski definition) is 0. The largest absolute Gasteiger partial charge is 0.493 e. The lowest BCUT2D eigenvalue weighted by Gasteiger charge is -2.14. The van der Waals surface area contributed by atoms with Crippen LogP contribution in [-0.2, 0) is 0 Å². The van der Waals surface area contributed by atoms with Crippen molar-refractivity contribution in [2.75, 3.05) is 26.2 Å². The molecule has 1 aromatic carbocycles. The fraction of sp³-hybridized carbons (Fsp3) is 0.625. The Morgan fingerprint density at radius 2 is 1.83 bits per heavy atom. The predicted molar refractivity (Wildman–Crippen MR) is 76.2 cm³/mol. The highest BCUT2D eigenvalue weighted by molar-refractivity contribution is 5.31. The molecule has 0 aliphatic carbocycles. The predicted octanol–water partition coefficient (Wildman–Crippen LogP) is 3.64. The van der Waals surface area contributed by atoms with Crippen LogP contribution in [0.3, 0.4) is 0 Å². The Morgan fingerprint density at radius 3 is 2.61 bits per heavy atom. The molecule has 2 nitrogen and oxygen atoms in total. The van der Waals surface area contributed by atoms with E-state index in [0.717, 1.165) is 12.4 Å². The number of aryl methyl sites for hydroxylation is 1. The monoisotopic (exact) mass is 247 g/mol. The number of para-hydroxylation sites is 1. The van der Waals surface area contributed by atoms with E-state index < -0.39 is 0 Å². The zero-order valence-corrected chi connectivity index (χ0v) is 11.5. The molecule has 0 atom stereocenters. The highest BCUT2D eigenvalue weighted by atomic mass is 16.5. The maximum Gasteiger partial charge on any atom is 0.122 e. The normalized spacial score (nSPS) is 16.1. The SMILES string of the molecule is Cc1ccccc1OCCCCCN1CCCC1. The van der Waals surface area contributed by atoms with E-state index in [0.29, 0.717) is 0 Å². The lowest BCUT2D eigenvalue weighted by atomic mass is 10.2. The van der Waals surface area contributed by atoms with Crippen LogP contribution in [0.25, 0.3) is 0 Å². The molecule has 2 heteroatoms. The molecule has 1 aromatic rings. The van der Waals surface area contributed by atoms with E-state index in [9.17, 15) is 0 Å². The molecule has 1 saturated heterocycles. The molecule has 0 amide bonds. The van der Waals surface area contributed by atoms with Crippen LogP contribution in [0.4, 0.5) is 0 Å². The summed E-state index contributed by atoms with van der Waals surface area (Å²) < 4.78 is 5.80. The maximum absolute atomic E-state index is 5.80. The van der Waals surface area contributed by atoms with E-state index in [-0.39, 0.29) is 0 Å². The Kier molecular flexibility index (Phi) is 5.53. The molecule has 0 radical (unpaired) electrons. The van der Waals surface area contributed by atoms with Crippen molar-refractivity contribution in [1.82, 2.24) is 4.90 Å². The van der Waals surface area contributed by atoms with Gasteiger partial charge < -0.3 is 9.64 Å². The fourth-order valence-electron chi connectivity index (χ4n) is 2.52. The first-order chi connectivity index (χ1) is 8.86. The van der Waals surface area contributed by atoms with Crippen LogP contribution < -0.4 is 4.74 Å². The summed E-state index contributed by atoms with van der Waals surface area (Å²) in [4.78, 5) is 2.59. The van der Waals surface area contributed by atoms with Crippen LogP contribution in [0, 0.1) is 6.92 Å². The zero-order valence-electron chi connectivity index (χ0n) is 11.5. The highest BCUT2D eigenvalue weighted by Gasteiger charge is 2.09. The van der Waals surface area contributed by atoms with Gasteiger partial charge in [-0.3, -0.25) is 0 Å². The van der Waals surface area contributed by atoms with Gasteiger partial charge >= 0.3 is 0 Å². The molecule has 2 rings (SSSR count). The summed E-state index contributed by atoms with van der Waals surface area (Å²) >= 11 is 0. The van der Waals surface area contributed by atoms with Crippen molar-refractivity contribution < 1.29 is 4.74 Å². The standard InChI is InChI=1S/C16H25NO/c1-15-9-3-4-10-16(15)18-14-8-2-5-11-17-12-6-7-13-17/h3-4,9-10H,2,5-8,11-14H2,1H3. The van der Waals surface area contributed by atoms with Crippen LogP contribution in [-0.4, -0.2) is 31.1 Å². The Labute approximate surface area is 111 Å². The number of rotatable bonds is 7. The lowest BCUT2D eigenvalue weighted by molar-refractivity contribution is 0.289. The van der Waals surface area contributed by atoms with Gasteiger partial charge in [0.05, 0.1) is 6.61 Å². The van der Waals surface area contributed by atoms with Gasteiger partial charge in [0.2, 0.25) is 0 Å². The number of hydrogen-bond acceptors (Lipinski definition) is 2. The first-order valence-electron chi connectivity index (χ1n) is 7.27. The molecule has 0 aromatic heterocycles. The van der Waals surface area contributed by atoms with Gasteiger partial charge in [-0.1, -0.05) is 18.2 Å². The molecule has 1 heterocycles. The van der Waals surface area contributed by atoms with Crippen molar-refractivity contribution in [1.29, 1.82) is 0 Å². The second-order valence-electron chi connectivity index (χ2n) is 5.22. The van der Waals surface area contributed by atoms with E-state index >= 15 is 0 Å². The minimum atomic E-state index is 0.852. The fourth-order valence-corrected chi connectivity index (χ4v) is 2.52. The minimum absolute atomic E-state index is 0.852. The van der Waals surface area contributed by atoms with Crippen molar-refractivity contribution in [3.63, 3.8) is 0 Å². The summed E-state index contributed by atoms with van der Waals surface area (Å²) in [6, 6.07) is 8.25. The summed E-state index contributed by atoms with van der Waals surface area (Å²) in [5, 5.41) is 0. The number of unbranched alkanes of at least 4 members (excludes halogenated alkanes) is 2. The first-order valence-corrected chi connectivity index (χ1v) is 7.27. The van der Waals surface area contributed by atoms with Crippen LogP contribution in [0.1, 0.15) is 37.7 Å². The quantitative estimate of drug-likeness (QED) is 0.682. The number of ether oxygens (including phenoxy) is 1. The number of likely N-dealkylation sites (tertiary alicyclic amines) is 1. The van der Waals surface area contributed by atoms with E-state index in [1.807, 2.05) is 6.07 Å². The van der Waals surface area contributed by atoms with Crippen LogP contribution in [0.2, 0.25) is 0 Å². The summed E-state index contributed by atoms with van der Waals surface area (Å²) in [5.74, 6) is 1.04. The Hall–Kier alpha value is -1.02. The van der Waals surface area contributed by atoms with Gasteiger partial charge in [0.15, 0.2) is 0 Å². The third-order valence-electron chi connectivity index (χ3n) is 3.67. The molecule has 0 bridgehead atoms. The van der Waals surface area contributed by atoms with Gasteiger partial charge in [-0.15, -0.1) is 0 Å². The molecule has 0 spiro atoms. The molecule has 0 N–H and O–H groups in total. The Balaban J connectivity index is 1.52. The third kappa shape index (κ3) is 4.34. The van der Waals surface area contributed by atoms with Crippen molar-refractivity contribution in [2.45, 2.75) is 39.0 Å². The molecule has 0 saturated carbocycles.